The second-order valence-electron chi connectivity index (χ2n) is 6.97. The first kappa shape index (κ1) is 15.1. The van der Waals surface area contributed by atoms with Crippen LogP contribution in [0, 0.1) is 5.92 Å². The third-order valence-electron chi connectivity index (χ3n) is 5.84. The van der Waals surface area contributed by atoms with E-state index in [9.17, 15) is 10.2 Å². The third kappa shape index (κ3) is 1.94. The minimum Gasteiger partial charge on any atom is -0.396 e. The van der Waals surface area contributed by atoms with Gasteiger partial charge in [-0.05, 0) is 43.0 Å². The van der Waals surface area contributed by atoms with Crippen LogP contribution in [0.1, 0.15) is 17.5 Å². The van der Waals surface area contributed by atoms with Gasteiger partial charge < -0.3 is 19.5 Å². The average molecular weight is 316 g/mol. The summed E-state index contributed by atoms with van der Waals surface area (Å²) >= 11 is 0. The largest absolute Gasteiger partial charge is 0.396 e. The molecule has 0 radical (unpaired) electrons. The Morgan fingerprint density at radius 1 is 1.35 bits per heavy atom. The lowest BCUT2D eigenvalue weighted by Crippen LogP contribution is -2.59. The van der Waals surface area contributed by atoms with E-state index < -0.39 is 5.60 Å². The lowest BCUT2D eigenvalue weighted by atomic mass is 9.69. The minimum atomic E-state index is -0.394. The lowest BCUT2D eigenvalue weighted by Gasteiger charge is -2.52. The molecule has 1 aromatic carbocycles. The molecule has 0 spiro atoms. The summed E-state index contributed by atoms with van der Waals surface area (Å²) in [4.78, 5) is 2.33. The molecule has 1 aliphatic heterocycles. The highest BCUT2D eigenvalue weighted by Gasteiger charge is 2.51. The van der Waals surface area contributed by atoms with E-state index in [1.165, 1.54) is 16.5 Å². The number of ether oxygens (including phenoxy) is 1. The number of methoxy groups -OCH3 is 1. The molecule has 4 rings (SSSR count). The minimum absolute atomic E-state index is 0.0142. The van der Waals surface area contributed by atoms with Gasteiger partial charge in [-0.15, -0.1) is 0 Å². The van der Waals surface area contributed by atoms with Crippen molar-refractivity contribution in [2.75, 3.05) is 27.3 Å². The molecule has 2 N–H and O–H groups in total. The van der Waals surface area contributed by atoms with E-state index in [4.69, 9.17) is 4.74 Å². The summed E-state index contributed by atoms with van der Waals surface area (Å²) in [7, 11) is 3.90. The van der Waals surface area contributed by atoms with E-state index in [1.54, 1.807) is 7.11 Å². The number of fused-ring (bicyclic) bond motifs is 2. The van der Waals surface area contributed by atoms with Crippen LogP contribution in [0.25, 0.3) is 10.9 Å². The number of rotatable bonds is 3. The van der Waals surface area contributed by atoms with Crippen molar-refractivity contribution in [1.29, 1.82) is 0 Å². The Morgan fingerprint density at radius 2 is 2.17 bits per heavy atom. The summed E-state index contributed by atoms with van der Waals surface area (Å²) in [6, 6.07) is 6.50. The normalized spacial score (nSPS) is 30.6. The summed E-state index contributed by atoms with van der Waals surface area (Å²) in [6.07, 6.45) is 3.81. The summed E-state index contributed by atoms with van der Waals surface area (Å²) in [5.74, 6) is 0.216. The van der Waals surface area contributed by atoms with Crippen LogP contribution < -0.4 is 0 Å². The molecule has 5 nitrogen and oxygen atoms in total. The molecule has 0 amide bonds. The molecular formula is C18H24N2O3. The van der Waals surface area contributed by atoms with Crippen LogP contribution in [-0.2, 0) is 23.5 Å². The number of likely N-dealkylation sites (N-methyl/N-ethyl adjacent to an activating group) is 1. The molecule has 23 heavy (non-hydrogen) atoms. The molecule has 124 valence electrons. The van der Waals surface area contributed by atoms with Crippen LogP contribution in [0.5, 0.6) is 0 Å². The maximum atomic E-state index is 9.72. The van der Waals surface area contributed by atoms with Gasteiger partial charge in [0, 0.05) is 37.9 Å². The van der Waals surface area contributed by atoms with Gasteiger partial charge in [0.25, 0.3) is 0 Å². The predicted octanol–water partition coefficient (Wildman–Crippen LogP) is 1.30. The molecule has 1 aliphatic carbocycles. The fourth-order valence-electron chi connectivity index (χ4n) is 4.85. The second kappa shape index (κ2) is 5.31. The van der Waals surface area contributed by atoms with Crippen LogP contribution >= 0.6 is 0 Å². The smallest absolute Gasteiger partial charge is 0.119 e. The van der Waals surface area contributed by atoms with Gasteiger partial charge in [0.15, 0.2) is 0 Å². The highest BCUT2D eigenvalue weighted by molar-refractivity contribution is 5.89. The number of aliphatic hydroxyl groups is 2. The maximum absolute atomic E-state index is 9.72. The molecule has 0 bridgehead atoms. The number of piperidine rings is 1. The van der Waals surface area contributed by atoms with E-state index in [0.29, 0.717) is 0 Å². The van der Waals surface area contributed by atoms with Crippen LogP contribution in [0.3, 0.4) is 0 Å². The first-order valence-corrected chi connectivity index (χ1v) is 8.23. The number of nitrogens with zero attached hydrogens (tertiary/aromatic N) is 2. The first-order valence-electron chi connectivity index (χ1n) is 8.23. The van der Waals surface area contributed by atoms with Gasteiger partial charge in [-0.25, -0.2) is 0 Å². The molecule has 1 fully saturated rings. The summed E-state index contributed by atoms with van der Waals surface area (Å²) in [5, 5.41) is 20.6. The Labute approximate surface area is 136 Å². The molecule has 0 unspecified atom stereocenters. The Bertz CT molecular complexity index is 741. The summed E-state index contributed by atoms with van der Waals surface area (Å²) < 4.78 is 8.05. The quantitative estimate of drug-likeness (QED) is 0.896. The van der Waals surface area contributed by atoms with Crippen LogP contribution in [-0.4, -0.2) is 53.0 Å². The van der Waals surface area contributed by atoms with Crippen molar-refractivity contribution in [1.82, 2.24) is 9.47 Å². The highest BCUT2D eigenvalue weighted by Crippen LogP contribution is 2.49. The predicted molar refractivity (Wildman–Crippen MR) is 88.2 cm³/mol. The van der Waals surface area contributed by atoms with Crippen molar-refractivity contribution in [3.8, 4) is 0 Å². The molecule has 5 heteroatoms. The van der Waals surface area contributed by atoms with Crippen LogP contribution in [0.2, 0.25) is 0 Å². The zero-order valence-corrected chi connectivity index (χ0v) is 13.7. The van der Waals surface area contributed by atoms with Crippen molar-refractivity contribution in [2.24, 2.45) is 5.92 Å². The van der Waals surface area contributed by atoms with Crippen LogP contribution in [0.15, 0.2) is 24.4 Å². The van der Waals surface area contributed by atoms with Crippen molar-refractivity contribution in [3.63, 3.8) is 0 Å². The van der Waals surface area contributed by atoms with Crippen LogP contribution in [0.4, 0.5) is 0 Å². The Morgan fingerprint density at radius 3 is 2.87 bits per heavy atom. The van der Waals surface area contributed by atoms with Crippen molar-refractivity contribution >= 4 is 10.9 Å². The fraction of sp³-hybridized carbons (Fsp3) is 0.556. The van der Waals surface area contributed by atoms with Gasteiger partial charge in [-0.2, -0.15) is 0 Å². The Balaban J connectivity index is 1.97. The van der Waals surface area contributed by atoms with Crippen molar-refractivity contribution in [2.45, 2.75) is 31.2 Å². The van der Waals surface area contributed by atoms with E-state index in [2.05, 4.69) is 30.3 Å². The number of likely N-dealkylation sites (tertiary alicyclic amines) is 1. The maximum Gasteiger partial charge on any atom is 0.119 e. The second-order valence-corrected chi connectivity index (χ2v) is 6.97. The highest BCUT2D eigenvalue weighted by atomic mass is 16.5. The monoisotopic (exact) mass is 316 g/mol. The van der Waals surface area contributed by atoms with Gasteiger partial charge in [0.2, 0.25) is 0 Å². The van der Waals surface area contributed by atoms with E-state index in [-0.39, 0.29) is 25.3 Å². The van der Waals surface area contributed by atoms with Gasteiger partial charge >= 0.3 is 0 Å². The molecule has 2 aromatic rings. The van der Waals surface area contributed by atoms with E-state index >= 15 is 0 Å². The number of hydrogen-bond acceptors (Lipinski definition) is 4. The van der Waals surface area contributed by atoms with E-state index in [0.717, 1.165) is 24.9 Å². The molecule has 1 saturated heterocycles. The van der Waals surface area contributed by atoms with Gasteiger partial charge in [-0.3, -0.25) is 4.90 Å². The number of aliphatic hydroxyl groups excluding tert-OH is 2. The zero-order chi connectivity index (χ0) is 16.2. The molecule has 3 atom stereocenters. The van der Waals surface area contributed by atoms with Gasteiger partial charge in [-0.1, -0.05) is 12.1 Å². The molecule has 1 aromatic heterocycles. The molecular weight excluding hydrogens is 292 g/mol. The topological polar surface area (TPSA) is 57.9 Å². The first-order chi connectivity index (χ1) is 11.1. The summed E-state index contributed by atoms with van der Waals surface area (Å²) in [5.41, 5.74) is 3.13. The van der Waals surface area contributed by atoms with Crippen molar-refractivity contribution < 1.29 is 14.9 Å². The lowest BCUT2D eigenvalue weighted by molar-refractivity contribution is -0.130. The average Bonchev–Trinajstić information content (AvgIpc) is 2.95. The zero-order valence-electron chi connectivity index (χ0n) is 13.7. The third-order valence-corrected chi connectivity index (χ3v) is 5.84. The fourth-order valence-corrected chi connectivity index (χ4v) is 4.85. The summed E-state index contributed by atoms with van der Waals surface area (Å²) in [6.45, 7) is 1.06. The number of benzene rings is 1. The van der Waals surface area contributed by atoms with Gasteiger partial charge in [0.05, 0.1) is 5.52 Å². The Kier molecular flexibility index (Phi) is 3.50. The van der Waals surface area contributed by atoms with Crippen molar-refractivity contribution in [3.05, 3.63) is 35.5 Å². The molecule has 2 aliphatic rings. The SMILES string of the molecule is CO[C@]12C[C@@H](CO)CN(C)[C@@H]1Cc1cn(CO)c3cccc2c13. The standard InChI is InChI=1S/C18H24N2O3/c1-19-8-12(10-21)7-18(23-2)14-4-3-5-15-17(14)13(6-16(18)19)9-20(15)11-22/h3-5,9,12,16,21-22H,6-8,10-11H2,1-2H3/t12-,16-,18+/m1/s1. The molecule has 0 saturated carbocycles. The number of hydrogen-bond donors (Lipinski definition) is 2. The van der Waals surface area contributed by atoms with E-state index in [1.807, 2.05) is 10.6 Å². The Hall–Kier alpha value is -1.40. The van der Waals surface area contributed by atoms with Gasteiger partial charge in [0.1, 0.15) is 12.3 Å². The molecule has 2 heterocycles. The number of aromatic nitrogens is 1.